The van der Waals surface area contributed by atoms with Gasteiger partial charge in [0.15, 0.2) is 12.5 Å². The van der Waals surface area contributed by atoms with Gasteiger partial charge in [-0.1, -0.05) is 17.7 Å². The van der Waals surface area contributed by atoms with Crippen LogP contribution in [0.15, 0.2) is 30.3 Å². The first-order valence-corrected chi connectivity index (χ1v) is 9.35. The van der Waals surface area contributed by atoms with Crippen molar-refractivity contribution in [3.8, 4) is 17.6 Å². The quantitative estimate of drug-likeness (QED) is 0.554. The maximum absolute atomic E-state index is 11.5. The number of nitrogens with zero attached hydrogens (tertiary/aromatic N) is 1. The molecule has 0 aliphatic heterocycles. The van der Waals surface area contributed by atoms with Crippen LogP contribution >= 0.6 is 23.2 Å². The number of hydrogen-bond acceptors (Lipinski definition) is 5. The normalized spacial score (nSPS) is 18.0. The summed E-state index contributed by atoms with van der Waals surface area (Å²) in [7, 11) is 1.54. The van der Waals surface area contributed by atoms with Crippen molar-refractivity contribution in [2.24, 2.45) is 0 Å². The number of ether oxygens (including phenoxy) is 3. The highest BCUT2D eigenvalue weighted by Gasteiger charge is 2.39. The lowest BCUT2D eigenvalue weighted by Gasteiger charge is -2.26. The molecule has 0 heterocycles. The molecule has 2 aromatic rings. The van der Waals surface area contributed by atoms with Gasteiger partial charge in [-0.15, -0.1) is 11.6 Å². The summed E-state index contributed by atoms with van der Waals surface area (Å²) in [6, 6.07) is 10.9. The minimum atomic E-state index is -1.26. The van der Waals surface area contributed by atoms with Crippen LogP contribution in [-0.4, -0.2) is 31.5 Å². The van der Waals surface area contributed by atoms with E-state index in [-0.39, 0.29) is 35.6 Å². The van der Waals surface area contributed by atoms with Crippen molar-refractivity contribution in [2.45, 2.75) is 18.4 Å². The SMILES string of the molecule is COCOc1ccc2c(c1)C(O)(c1cc(Cl)c(OCCCl)c(C#N)c1)CC2. The summed E-state index contributed by atoms with van der Waals surface area (Å²) in [6.45, 7) is 0.358. The van der Waals surface area contributed by atoms with Crippen LogP contribution in [0.3, 0.4) is 0 Å². The fourth-order valence-electron chi connectivity index (χ4n) is 3.33. The minimum Gasteiger partial charge on any atom is -0.489 e. The third-order valence-corrected chi connectivity index (χ3v) is 5.03. The molecule has 1 N–H and O–H groups in total. The molecular formula is C20H19Cl2NO4. The molecule has 3 rings (SSSR count). The Morgan fingerprint density at radius 2 is 2.07 bits per heavy atom. The zero-order valence-corrected chi connectivity index (χ0v) is 16.3. The predicted octanol–water partition coefficient (Wildman–Crippen LogP) is 3.99. The van der Waals surface area contributed by atoms with Gasteiger partial charge in [-0.05, 0) is 53.8 Å². The molecule has 5 nitrogen and oxygen atoms in total. The van der Waals surface area contributed by atoms with E-state index in [2.05, 4.69) is 6.07 Å². The molecule has 1 atom stereocenters. The van der Waals surface area contributed by atoms with Gasteiger partial charge in [0.2, 0.25) is 0 Å². The summed E-state index contributed by atoms with van der Waals surface area (Å²) >= 11 is 12.0. The number of fused-ring (bicyclic) bond motifs is 1. The van der Waals surface area contributed by atoms with Crippen LogP contribution in [0, 0.1) is 11.3 Å². The van der Waals surface area contributed by atoms with E-state index in [9.17, 15) is 10.4 Å². The second kappa shape index (κ2) is 8.37. The Kier molecular flexibility index (Phi) is 6.13. The average molecular weight is 408 g/mol. The summed E-state index contributed by atoms with van der Waals surface area (Å²) in [6.07, 6.45) is 1.19. The lowest BCUT2D eigenvalue weighted by atomic mass is 9.87. The molecule has 27 heavy (non-hydrogen) atoms. The first-order valence-electron chi connectivity index (χ1n) is 8.44. The predicted molar refractivity (Wildman–Crippen MR) is 103 cm³/mol. The summed E-state index contributed by atoms with van der Waals surface area (Å²) in [5.74, 6) is 1.16. The van der Waals surface area contributed by atoms with Crippen LogP contribution in [-0.2, 0) is 16.8 Å². The highest BCUT2D eigenvalue weighted by Crippen LogP contribution is 2.45. The third-order valence-electron chi connectivity index (χ3n) is 4.59. The Hall–Kier alpha value is -1.97. The first kappa shape index (κ1) is 19.8. The zero-order chi connectivity index (χ0) is 19.4. The second-order valence-corrected chi connectivity index (χ2v) is 7.00. The van der Waals surface area contributed by atoms with E-state index in [0.717, 1.165) is 11.1 Å². The van der Waals surface area contributed by atoms with Crippen molar-refractivity contribution in [3.05, 3.63) is 57.6 Å². The molecule has 2 aromatic carbocycles. The van der Waals surface area contributed by atoms with E-state index in [1.165, 1.54) is 0 Å². The molecule has 0 aromatic heterocycles. The van der Waals surface area contributed by atoms with Gasteiger partial charge in [-0.25, -0.2) is 0 Å². The molecule has 1 aliphatic rings. The lowest BCUT2D eigenvalue weighted by molar-refractivity contribution is 0.0501. The van der Waals surface area contributed by atoms with Crippen LogP contribution < -0.4 is 9.47 Å². The number of hydrogen-bond donors (Lipinski definition) is 1. The molecule has 0 bridgehead atoms. The Bertz CT molecular complexity index is 881. The summed E-state index contributed by atoms with van der Waals surface area (Å²) in [5.41, 5.74) is 1.31. The third kappa shape index (κ3) is 3.85. The van der Waals surface area contributed by atoms with Crippen LogP contribution in [0.4, 0.5) is 0 Å². The van der Waals surface area contributed by atoms with Crippen LogP contribution in [0.25, 0.3) is 0 Å². The monoisotopic (exact) mass is 407 g/mol. The van der Waals surface area contributed by atoms with Gasteiger partial charge in [0.25, 0.3) is 0 Å². The molecule has 0 saturated carbocycles. The maximum atomic E-state index is 11.5. The standard InChI is InChI=1S/C20H19Cl2NO4/c1-25-12-27-16-3-2-13-4-5-20(24,17(13)10-16)15-8-14(11-23)19(18(22)9-15)26-7-6-21/h2-3,8-10,24H,4-7,12H2,1H3. The van der Waals surface area contributed by atoms with Gasteiger partial charge in [0.1, 0.15) is 24.0 Å². The maximum Gasteiger partial charge on any atom is 0.188 e. The zero-order valence-electron chi connectivity index (χ0n) is 14.8. The van der Waals surface area contributed by atoms with E-state index in [1.807, 2.05) is 12.1 Å². The van der Waals surface area contributed by atoms with E-state index in [1.54, 1.807) is 25.3 Å². The molecule has 142 valence electrons. The van der Waals surface area contributed by atoms with Crippen molar-refractivity contribution < 1.29 is 19.3 Å². The molecule has 0 amide bonds. The van der Waals surface area contributed by atoms with Crippen molar-refractivity contribution >= 4 is 23.2 Å². The number of aliphatic hydroxyl groups is 1. The van der Waals surface area contributed by atoms with E-state index < -0.39 is 5.60 Å². The molecule has 0 fully saturated rings. The van der Waals surface area contributed by atoms with Gasteiger partial charge in [-0.2, -0.15) is 5.26 Å². The van der Waals surface area contributed by atoms with Crippen molar-refractivity contribution in [1.82, 2.24) is 0 Å². The number of nitriles is 1. The van der Waals surface area contributed by atoms with Crippen molar-refractivity contribution in [3.63, 3.8) is 0 Å². The fourth-order valence-corrected chi connectivity index (χ4v) is 3.68. The van der Waals surface area contributed by atoms with Crippen LogP contribution in [0.2, 0.25) is 5.02 Å². The Morgan fingerprint density at radius 3 is 2.78 bits per heavy atom. The van der Waals surface area contributed by atoms with Gasteiger partial charge < -0.3 is 19.3 Å². The van der Waals surface area contributed by atoms with Crippen LogP contribution in [0.1, 0.15) is 28.7 Å². The van der Waals surface area contributed by atoms with E-state index >= 15 is 0 Å². The van der Waals surface area contributed by atoms with Crippen molar-refractivity contribution in [1.29, 1.82) is 5.26 Å². The van der Waals surface area contributed by atoms with E-state index in [0.29, 0.717) is 24.2 Å². The van der Waals surface area contributed by atoms with Crippen LogP contribution in [0.5, 0.6) is 11.5 Å². The number of aryl methyl sites for hydroxylation is 1. The molecule has 1 aliphatic carbocycles. The molecular weight excluding hydrogens is 389 g/mol. The largest absolute Gasteiger partial charge is 0.489 e. The Labute approximate surface area is 168 Å². The Balaban J connectivity index is 2.03. The highest BCUT2D eigenvalue weighted by molar-refractivity contribution is 6.32. The summed E-state index contributed by atoms with van der Waals surface area (Å²) in [4.78, 5) is 0. The summed E-state index contributed by atoms with van der Waals surface area (Å²) < 4.78 is 15.9. The van der Waals surface area contributed by atoms with Gasteiger partial charge >= 0.3 is 0 Å². The molecule has 0 spiro atoms. The number of rotatable bonds is 7. The van der Waals surface area contributed by atoms with Gasteiger partial charge in [0.05, 0.1) is 16.5 Å². The van der Waals surface area contributed by atoms with Gasteiger partial charge in [-0.3, -0.25) is 0 Å². The molecule has 0 radical (unpaired) electrons. The number of halogens is 2. The van der Waals surface area contributed by atoms with Crippen molar-refractivity contribution in [2.75, 3.05) is 26.4 Å². The Morgan fingerprint density at radius 1 is 1.26 bits per heavy atom. The molecule has 0 saturated heterocycles. The molecule has 1 unspecified atom stereocenters. The fraction of sp³-hybridized carbons (Fsp3) is 0.350. The minimum absolute atomic E-state index is 0.119. The lowest BCUT2D eigenvalue weighted by Crippen LogP contribution is -2.24. The van der Waals surface area contributed by atoms with Gasteiger partial charge in [0, 0.05) is 7.11 Å². The number of benzene rings is 2. The second-order valence-electron chi connectivity index (χ2n) is 6.21. The first-order chi connectivity index (χ1) is 13.0. The molecule has 7 heteroatoms. The average Bonchev–Trinajstić information content (AvgIpc) is 3.02. The highest BCUT2D eigenvalue weighted by atomic mass is 35.5. The number of methoxy groups -OCH3 is 1. The smallest absolute Gasteiger partial charge is 0.188 e. The van der Waals surface area contributed by atoms with E-state index in [4.69, 9.17) is 37.4 Å². The topological polar surface area (TPSA) is 71.7 Å². The number of alkyl halides is 1. The summed E-state index contributed by atoms with van der Waals surface area (Å²) in [5, 5.41) is 21.2.